The number of aryl methyl sites for hydroxylation is 1. The molecule has 15 heteroatoms. The molecule has 1 aliphatic heterocycles. The zero-order valence-corrected chi connectivity index (χ0v) is 22.7. The van der Waals surface area contributed by atoms with E-state index in [2.05, 4.69) is 20.0 Å². The normalized spacial score (nSPS) is 19.4. The van der Waals surface area contributed by atoms with Crippen LogP contribution in [0.4, 0.5) is 14.5 Å². The summed E-state index contributed by atoms with van der Waals surface area (Å²) < 4.78 is 57.5. The maximum absolute atomic E-state index is 13.4. The van der Waals surface area contributed by atoms with Gasteiger partial charge in [-0.15, -0.1) is 10.2 Å². The Morgan fingerprint density at radius 3 is 2.49 bits per heavy atom. The van der Waals surface area contributed by atoms with E-state index in [1.54, 1.807) is 17.8 Å². The van der Waals surface area contributed by atoms with E-state index in [-0.39, 0.29) is 27.4 Å². The first-order valence-electron chi connectivity index (χ1n) is 12.7. The minimum Gasteiger partial charge on any atom is -0.366 e. The van der Waals surface area contributed by atoms with Crippen LogP contribution in [0.15, 0.2) is 17.0 Å². The summed E-state index contributed by atoms with van der Waals surface area (Å²) in [5.74, 6) is 0.272. The molecule has 3 aromatic rings. The summed E-state index contributed by atoms with van der Waals surface area (Å²) in [6.07, 6.45) is 0.984. The molecule has 2 aliphatic carbocycles. The van der Waals surface area contributed by atoms with Crippen molar-refractivity contribution in [3.8, 4) is 16.8 Å². The lowest BCUT2D eigenvalue weighted by Gasteiger charge is -2.39. The Hall–Kier alpha value is -3.22. The van der Waals surface area contributed by atoms with Crippen molar-refractivity contribution in [3.63, 3.8) is 0 Å². The van der Waals surface area contributed by atoms with Gasteiger partial charge in [0.1, 0.15) is 11.2 Å². The Labute approximate surface area is 227 Å². The van der Waals surface area contributed by atoms with Crippen molar-refractivity contribution >= 4 is 43.9 Å². The van der Waals surface area contributed by atoms with Gasteiger partial charge in [0.25, 0.3) is 6.43 Å². The number of nitrogens with one attached hydrogen (secondary N) is 1. The molecule has 0 spiro atoms. The van der Waals surface area contributed by atoms with Gasteiger partial charge in [0.05, 0.1) is 22.2 Å². The summed E-state index contributed by atoms with van der Waals surface area (Å²) >= 11 is 0.701. The van der Waals surface area contributed by atoms with Crippen molar-refractivity contribution in [2.24, 2.45) is 13.0 Å². The van der Waals surface area contributed by atoms with Crippen LogP contribution in [0, 0.1) is 17.2 Å². The van der Waals surface area contributed by atoms with Gasteiger partial charge in [0.15, 0.2) is 10.0 Å². The molecular formula is C24H26F2N8O3S2. The molecule has 2 aromatic heterocycles. The number of hydrogen-bond donors (Lipinski definition) is 1. The first-order chi connectivity index (χ1) is 18.6. The molecule has 2 saturated carbocycles. The molecule has 11 nitrogen and oxygen atoms in total. The number of amides is 1. The summed E-state index contributed by atoms with van der Waals surface area (Å²) in [5.41, 5.74) is 0.323. The topological polar surface area (TPSA) is 137 Å². The zero-order valence-electron chi connectivity index (χ0n) is 21.1. The molecule has 6 rings (SSSR count). The number of fused-ring (bicyclic) bond motifs is 1. The number of carbonyl (C=O) groups excluding carboxylic acids is 1. The lowest BCUT2D eigenvalue weighted by Crippen LogP contribution is -2.51. The molecule has 1 N–H and O–H groups in total. The largest absolute Gasteiger partial charge is 0.366 e. The third-order valence-electron chi connectivity index (χ3n) is 7.71. The summed E-state index contributed by atoms with van der Waals surface area (Å²) in [4.78, 5) is 16.6. The van der Waals surface area contributed by atoms with Gasteiger partial charge in [-0.2, -0.15) is 15.1 Å². The van der Waals surface area contributed by atoms with Crippen molar-refractivity contribution in [2.45, 2.75) is 49.0 Å². The SMILES string of the molecule is Cn1nc(-c2nnc(C(F)F)s2)c2cc(S(=O)(=O)NC3(C#N)CC3)cc(N3CCN(C(=O)C4CCC4)CC3)c21. The number of alkyl halides is 2. The van der Waals surface area contributed by atoms with Crippen LogP contribution >= 0.6 is 11.3 Å². The van der Waals surface area contributed by atoms with Crippen molar-refractivity contribution in [1.82, 2.24) is 29.6 Å². The van der Waals surface area contributed by atoms with Gasteiger partial charge in [-0.3, -0.25) is 9.48 Å². The van der Waals surface area contributed by atoms with Gasteiger partial charge in [-0.05, 0) is 37.8 Å². The van der Waals surface area contributed by atoms with Crippen LogP contribution in [0.1, 0.15) is 43.5 Å². The number of aromatic nitrogens is 4. The number of sulfonamides is 1. The molecule has 3 heterocycles. The summed E-state index contributed by atoms with van der Waals surface area (Å²) in [6.45, 7) is 1.98. The summed E-state index contributed by atoms with van der Waals surface area (Å²) in [6, 6.07) is 5.03. The molecule has 0 atom stereocenters. The van der Waals surface area contributed by atoms with Gasteiger partial charge in [0.2, 0.25) is 15.9 Å². The highest BCUT2D eigenvalue weighted by Gasteiger charge is 2.47. The van der Waals surface area contributed by atoms with E-state index in [4.69, 9.17) is 0 Å². The fourth-order valence-corrected chi connectivity index (χ4v) is 7.22. The first-order valence-corrected chi connectivity index (χ1v) is 15.0. The number of hydrogen-bond acceptors (Lipinski definition) is 9. The minimum absolute atomic E-state index is 0.0626. The van der Waals surface area contributed by atoms with Crippen LogP contribution in [0.25, 0.3) is 21.6 Å². The van der Waals surface area contributed by atoms with Crippen LogP contribution in [-0.4, -0.2) is 70.9 Å². The number of halogens is 2. The molecule has 1 amide bonds. The number of anilines is 1. The van der Waals surface area contributed by atoms with E-state index in [0.29, 0.717) is 66.9 Å². The second-order valence-electron chi connectivity index (χ2n) is 10.3. The Morgan fingerprint density at radius 1 is 1.21 bits per heavy atom. The number of benzene rings is 1. The number of nitrogens with zero attached hydrogens (tertiary/aromatic N) is 7. The molecular weight excluding hydrogens is 550 g/mol. The van der Waals surface area contributed by atoms with E-state index in [9.17, 15) is 27.3 Å². The third kappa shape index (κ3) is 4.64. The van der Waals surface area contributed by atoms with Crippen molar-refractivity contribution in [1.29, 1.82) is 5.26 Å². The van der Waals surface area contributed by atoms with Crippen LogP contribution in [0.3, 0.4) is 0 Å². The molecule has 0 bridgehead atoms. The number of piperazine rings is 1. The highest BCUT2D eigenvalue weighted by Crippen LogP contribution is 2.40. The van der Waals surface area contributed by atoms with E-state index in [0.717, 1.165) is 19.3 Å². The number of carbonyl (C=O) groups is 1. The van der Waals surface area contributed by atoms with Crippen LogP contribution in [0.5, 0.6) is 0 Å². The molecule has 206 valence electrons. The highest BCUT2D eigenvalue weighted by molar-refractivity contribution is 7.89. The fourth-order valence-electron chi connectivity index (χ4n) is 5.10. The monoisotopic (exact) mass is 576 g/mol. The average molecular weight is 577 g/mol. The standard InChI is InChI=1S/C24H26F2N8O3S2/c1-32-19-16(18(30-32)21-28-29-22(38-21)20(25)26)11-15(39(36,37)31-24(13-27)5-6-24)12-17(19)33-7-9-34(10-8-33)23(35)14-3-2-4-14/h11-12,14,20,31H,2-10H2,1H3. The molecule has 1 aromatic carbocycles. The lowest BCUT2D eigenvalue weighted by atomic mass is 9.84. The van der Waals surface area contributed by atoms with Crippen molar-refractivity contribution < 1.29 is 22.0 Å². The van der Waals surface area contributed by atoms with Crippen LogP contribution < -0.4 is 9.62 Å². The second-order valence-corrected chi connectivity index (χ2v) is 13.0. The van der Waals surface area contributed by atoms with Gasteiger partial charge in [-0.25, -0.2) is 17.2 Å². The Bertz CT molecular complexity index is 1600. The van der Waals surface area contributed by atoms with Gasteiger partial charge in [-0.1, -0.05) is 17.8 Å². The van der Waals surface area contributed by atoms with Crippen LogP contribution in [-0.2, 0) is 21.9 Å². The van der Waals surface area contributed by atoms with Gasteiger partial charge >= 0.3 is 0 Å². The number of nitriles is 1. The fraction of sp³-hybridized carbons (Fsp3) is 0.542. The summed E-state index contributed by atoms with van der Waals surface area (Å²) in [5, 5.41) is 21.6. The smallest absolute Gasteiger partial charge is 0.291 e. The molecule has 39 heavy (non-hydrogen) atoms. The van der Waals surface area contributed by atoms with Gasteiger partial charge in [0, 0.05) is 44.5 Å². The van der Waals surface area contributed by atoms with E-state index < -0.39 is 27.0 Å². The van der Waals surface area contributed by atoms with E-state index in [1.807, 2.05) is 15.9 Å². The predicted molar refractivity (Wildman–Crippen MR) is 139 cm³/mol. The van der Waals surface area contributed by atoms with E-state index >= 15 is 0 Å². The molecule has 3 aliphatic rings. The lowest BCUT2D eigenvalue weighted by molar-refractivity contribution is -0.138. The second kappa shape index (κ2) is 9.46. The number of rotatable bonds is 7. The Balaban J connectivity index is 1.42. The predicted octanol–water partition coefficient (Wildman–Crippen LogP) is 2.81. The first kappa shape index (κ1) is 26.0. The minimum atomic E-state index is -4.10. The zero-order chi connectivity index (χ0) is 27.5. The summed E-state index contributed by atoms with van der Waals surface area (Å²) in [7, 11) is -2.41. The maximum Gasteiger partial charge on any atom is 0.291 e. The van der Waals surface area contributed by atoms with Crippen molar-refractivity contribution in [3.05, 3.63) is 17.1 Å². The average Bonchev–Trinajstić information content (AvgIpc) is 3.31. The molecule has 0 radical (unpaired) electrons. The Kier molecular flexibility index (Phi) is 6.31. The maximum atomic E-state index is 13.4. The third-order valence-corrected chi connectivity index (χ3v) is 10.2. The molecule has 0 unspecified atom stereocenters. The van der Waals surface area contributed by atoms with Crippen molar-refractivity contribution in [2.75, 3.05) is 31.1 Å². The van der Waals surface area contributed by atoms with E-state index in [1.165, 1.54) is 6.07 Å². The highest BCUT2D eigenvalue weighted by atomic mass is 32.2. The molecule has 3 fully saturated rings. The van der Waals surface area contributed by atoms with Gasteiger partial charge < -0.3 is 9.80 Å². The quantitative estimate of drug-likeness (QED) is 0.453. The van der Waals surface area contributed by atoms with Crippen LogP contribution in [0.2, 0.25) is 0 Å². The Morgan fingerprint density at radius 2 is 1.92 bits per heavy atom. The molecule has 1 saturated heterocycles.